The van der Waals surface area contributed by atoms with Gasteiger partial charge in [-0.1, -0.05) is 26.2 Å². The second-order valence-corrected chi connectivity index (χ2v) is 4.89. The van der Waals surface area contributed by atoms with Crippen LogP contribution < -0.4 is 0 Å². The van der Waals surface area contributed by atoms with Crippen LogP contribution >= 0.6 is 0 Å². The summed E-state index contributed by atoms with van der Waals surface area (Å²) in [4.78, 5) is 12.6. The molecule has 0 bridgehead atoms. The van der Waals surface area contributed by atoms with Crippen molar-refractivity contribution in [2.75, 3.05) is 19.6 Å². The molecule has 0 unspecified atom stereocenters. The lowest BCUT2D eigenvalue weighted by molar-refractivity contribution is -0.139. The van der Waals surface area contributed by atoms with Crippen LogP contribution in [-0.2, 0) is 4.79 Å². The van der Waals surface area contributed by atoms with Crippen molar-refractivity contribution in [3.05, 3.63) is 0 Å². The van der Waals surface area contributed by atoms with Crippen molar-refractivity contribution in [3.8, 4) is 0 Å². The van der Waals surface area contributed by atoms with Gasteiger partial charge in [-0.25, -0.2) is 0 Å². The fourth-order valence-electron chi connectivity index (χ4n) is 2.51. The molecule has 0 aromatic carbocycles. The maximum Gasteiger partial charge on any atom is 0.317 e. The molecule has 94 valence electrons. The van der Waals surface area contributed by atoms with E-state index in [9.17, 15) is 9.90 Å². The Morgan fingerprint density at radius 2 is 1.94 bits per heavy atom. The first-order valence-corrected chi connectivity index (χ1v) is 6.22. The number of hydrogen-bond donors (Lipinski definition) is 2. The molecule has 1 aliphatic rings. The fourth-order valence-corrected chi connectivity index (χ4v) is 2.51. The summed E-state index contributed by atoms with van der Waals surface area (Å²) >= 11 is 0. The van der Waals surface area contributed by atoms with Crippen molar-refractivity contribution < 1.29 is 15.0 Å². The smallest absolute Gasteiger partial charge is 0.317 e. The van der Waals surface area contributed by atoms with E-state index >= 15 is 0 Å². The molecule has 0 aromatic heterocycles. The van der Waals surface area contributed by atoms with Gasteiger partial charge in [0.1, 0.15) is 0 Å². The summed E-state index contributed by atoms with van der Waals surface area (Å²) in [5, 5.41) is 19.1. The van der Waals surface area contributed by atoms with E-state index in [1.165, 1.54) is 6.42 Å². The highest BCUT2D eigenvalue weighted by Crippen LogP contribution is 2.28. The Hall–Kier alpha value is -0.610. The highest BCUT2D eigenvalue weighted by Gasteiger charge is 2.31. The minimum absolute atomic E-state index is 0.0378. The van der Waals surface area contributed by atoms with Gasteiger partial charge in [0, 0.05) is 6.54 Å². The van der Waals surface area contributed by atoms with E-state index in [1.54, 1.807) is 0 Å². The molecule has 16 heavy (non-hydrogen) atoms. The Bertz CT molecular complexity index is 224. The van der Waals surface area contributed by atoms with Crippen LogP contribution in [0.5, 0.6) is 0 Å². The number of hydrogen-bond acceptors (Lipinski definition) is 3. The molecule has 0 radical (unpaired) electrons. The molecule has 1 aliphatic carbocycles. The van der Waals surface area contributed by atoms with Crippen molar-refractivity contribution in [1.29, 1.82) is 0 Å². The Labute approximate surface area is 97.3 Å². The standard InChI is InChI=1S/C12H23NO3/c1-2-8-13(9-11(14)15)10-12(16)6-4-3-5-7-12/h16H,2-10H2,1H3,(H,14,15). The van der Waals surface area contributed by atoms with Crippen LogP contribution in [0.25, 0.3) is 0 Å². The van der Waals surface area contributed by atoms with Gasteiger partial charge in [-0.15, -0.1) is 0 Å². The van der Waals surface area contributed by atoms with Gasteiger partial charge in [0.2, 0.25) is 0 Å². The fraction of sp³-hybridized carbons (Fsp3) is 0.917. The second-order valence-electron chi connectivity index (χ2n) is 4.89. The Morgan fingerprint density at radius 1 is 1.31 bits per heavy atom. The van der Waals surface area contributed by atoms with Crippen LogP contribution in [-0.4, -0.2) is 46.3 Å². The monoisotopic (exact) mass is 229 g/mol. The summed E-state index contributed by atoms with van der Waals surface area (Å²) in [5.74, 6) is -0.812. The van der Waals surface area contributed by atoms with E-state index in [2.05, 4.69) is 0 Å². The van der Waals surface area contributed by atoms with Gasteiger partial charge in [-0.2, -0.15) is 0 Å². The summed E-state index contributed by atoms with van der Waals surface area (Å²) in [6.07, 6.45) is 5.85. The van der Waals surface area contributed by atoms with Gasteiger partial charge in [0.05, 0.1) is 12.1 Å². The topological polar surface area (TPSA) is 60.8 Å². The first-order chi connectivity index (χ1) is 7.56. The van der Waals surface area contributed by atoms with Gasteiger partial charge < -0.3 is 10.2 Å². The predicted octanol–water partition coefficient (Wildman–Crippen LogP) is 1.48. The molecular formula is C12H23NO3. The van der Waals surface area contributed by atoms with Crippen LogP contribution in [0.3, 0.4) is 0 Å². The zero-order valence-electron chi connectivity index (χ0n) is 10.1. The molecule has 1 fully saturated rings. The molecular weight excluding hydrogens is 206 g/mol. The van der Waals surface area contributed by atoms with E-state index in [4.69, 9.17) is 5.11 Å². The third-order valence-corrected chi connectivity index (χ3v) is 3.20. The first kappa shape index (κ1) is 13.5. The Morgan fingerprint density at radius 3 is 2.44 bits per heavy atom. The van der Waals surface area contributed by atoms with Crippen molar-refractivity contribution in [2.45, 2.75) is 51.0 Å². The van der Waals surface area contributed by atoms with Crippen LogP contribution in [0.15, 0.2) is 0 Å². The van der Waals surface area contributed by atoms with Crippen LogP contribution in [0, 0.1) is 0 Å². The number of aliphatic carboxylic acids is 1. The minimum Gasteiger partial charge on any atom is -0.480 e. The highest BCUT2D eigenvalue weighted by atomic mass is 16.4. The Kier molecular flexibility index (Phi) is 5.22. The number of nitrogens with zero attached hydrogens (tertiary/aromatic N) is 1. The number of rotatable bonds is 6. The van der Waals surface area contributed by atoms with Gasteiger partial charge in [-0.05, 0) is 25.8 Å². The quantitative estimate of drug-likeness (QED) is 0.724. The molecule has 0 aromatic rings. The van der Waals surface area contributed by atoms with Crippen molar-refractivity contribution in [1.82, 2.24) is 4.90 Å². The predicted molar refractivity (Wildman–Crippen MR) is 62.4 cm³/mol. The summed E-state index contributed by atoms with van der Waals surface area (Å²) in [6, 6.07) is 0. The van der Waals surface area contributed by atoms with Crippen molar-refractivity contribution >= 4 is 5.97 Å². The molecule has 1 rings (SSSR count). The van der Waals surface area contributed by atoms with E-state index in [1.807, 2.05) is 11.8 Å². The van der Waals surface area contributed by atoms with E-state index in [0.29, 0.717) is 6.54 Å². The van der Waals surface area contributed by atoms with Crippen LogP contribution in [0.2, 0.25) is 0 Å². The van der Waals surface area contributed by atoms with E-state index < -0.39 is 11.6 Å². The molecule has 4 heteroatoms. The van der Waals surface area contributed by atoms with Crippen LogP contribution in [0.1, 0.15) is 45.4 Å². The number of carboxylic acids is 1. The van der Waals surface area contributed by atoms with Gasteiger partial charge >= 0.3 is 5.97 Å². The molecule has 0 amide bonds. The third kappa shape index (κ3) is 4.49. The molecule has 4 nitrogen and oxygen atoms in total. The number of aliphatic hydroxyl groups is 1. The lowest BCUT2D eigenvalue weighted by atomic mass is 9.84. The zero-order valence-corrected chi connectivity index (χ0v) is 10.1. The van der Waals surface area contributed by atoms with Crippen molar-refractivity contribution in [3.63, 3.8) is 0 Å². The molecule has 1 saturated carbocycles. The Balaban J connectivity index is 2.48. The lowest BCUT2D eigenvalue weighted by Gasteiger charge is -2.36. The van der Waals surface area contributed by atoms with Crippen molar-refractivity contribution in [2.24, 2.45) is 0 Å². The molecule has 0 atom stereocenters. The first-order valence-electron chi connectivity index (χ1n) is 6.22. The molecule has 0 spiro atoms. The molecule has 0 saturated heterocycles. The van der Waals surface area contributed by atoms with Crippen LogP contribution in [0.4, 0.5) is 0 Å². The number of carbonyl (C=O) groups is 1. The lowest BCUT2D eigenvalue weighted by Crippen LogP contribution is -2.46. The maximum atomic E-state index is 10.7. The highest BCUT2D eigenvalue weighted by molar-refractivity contribution is 5.69. The van der Waals surface area contributed by atoms with Gasteiger partial charge in [-0.3, -0.25) is 9.69 Å². The average molecular weight is 229 g/mol. The summed E-state index contributed by atoms with van der Waals surface area (Å²) in [5.41, 5.74) is -0.650. The molecule has 2 N–H and O–H groups in total. The molecule has 0 heterocycles. The summed E-state index contributed by atoms with van der Waals surface area (Å²) in [7, 11) is 0. The maximum absolute atomic E-state index is 10.7. The second kappa shape index (κ2) is 6.21. The molecule has 0 aliphatic heterocycles. The minimum atomic E-state index is -0.812. The zero-order chi connectivity index (χ0) is 12.0. The SMILES string of the molecule is CCCN(CC(=O)O)CC1(O)CCCCC1. The van der Waals surface area contributed by atoms with E-state index in [-0.39, 0.29) is 6.54 Å². The van der Waals surface area contributed by atoms with E-state index in [0.717, 1.165) is 38.6 Å². The number of carboxylic acid groups (broad SMARTS) is 1. The van der Waals surface area contributed by atoms with Gasteiger partial charge in [0.15, 0.2) is 0 Å². The largest absolute Gasteiger partial charge is 0.480 e. The summed E-state index contributed by atoms with van der Waals surface area (Å²) in [6.45, 7) is 3.32. The average Bonchev–Trinajstić information content (AvgIpc) is 2.17. The summed E-state index contributed by atoms with van der Waals surface area (Å²) < 4.78 is 0. The normalized spacial score (nSPS) is 19.9. The third-order valence-electron chi connectivity index (χ3n) is 3.20. The van der Waals surface area contributed by atoms with Gasteiger partial charge in [0.25, 0.3) is 0 Å².